The van der Waals surface area contributed by atoms with Crippen LogP contribution in [0.1, 0.15) is 37.3 Å². The fourth-order valence-electron chi connectivity index (χ4n) is 3.12. The van der Waals surface area contributed by atoms with Gasteiger partial charge in [-0.2, -0.15) is 0 Å². The first kappa shape index (κ1) is 14.6. The number of hydrogen-bond acceptors (Lipinski definition) is 2. The summed E-state index contributed by atoms with van der Waals surface area (Å²) in [5.74, 6) is -1.16. The Morgan fingerprint density at radius 3 is 2.68 bits per heavy atom. The van der Waals surface area contributed by atoms with Gasteiger partial charge in [-0.1, -0.05) is 25.1 Å². The number of nitrogens with one attached hydrogen (secondary N) is 2. The van der Waals surface area contributed by atoms with Gasteiger partial charge in [-0.3, -0.25) is 4.79 Å². The number of aromatic nitrogens is 1. The van der Waals surface area contributed by atoms with E-state index in [1.807, 2.05) is 18.3 Å². The number of para-hydroxylation sites is 1. The van der Waals surface area contributed by atoms with Crippen molar-refractivity contribution in [1.29, 1.82) is 0 Å². The van der Waals surface area contributed by atoms with Crippen molar-refractivity contribution in [2.24, 2.45) is 0 Å². The maximum Gasteiger partial charge on any atom is 0.329 e. The molecule has 0 unspecified atom stereocenters. The Morgan fingerprint density at radius 2 is 2.09 bits per heavy atom. The molecule has 3 rings (SSSR count). The van der Waals surface area contributed by atoms with E-state index in [0.29, 0.717) is 12.8 Å². The fraction of sp³-hybridized carbons (Fsp3) is 0.412. The highest BCUT2D eigenvalue weighted by Gasteiger charge is 2.45. The molecule has 0 atom stereocenters. The van der Waals surface area contributed by atoms with E-state index >= 15 is 0 Å². The zero-order chi connectivity index (χ0) is 15.7. The minimum absolute atomic E-state index is 0.197. The molecule has 1 fully saturated rings. The number of carbonyl (C=O) groups is 2. The third-order valence-corrected chi connectivity index (χ3v) is 4.61. The standard InChI is InChI=1S/C17H20N2O3/c1-2-11-5-3-6-13-12(10-18-15(11)13)9-14(20)19-17(16(21)22)7-4-8-17/h3,5-6,10,18H,2,4,7-9H2,1H3,(H,19,20)(H,21,22). The molecule has 1 aromatic heterocycles. The number of carboxylic acid groups (broad SMARTS) is 1. The van der Waals surface area contributed by atoms with Gasteiger partial charge in [-0.15, -0.1) is 0 Å². The van der Waals surface area contributed by atoms with Crippen LogP contribution in [0.5, 0.6) is 0 Å². The average Bonchev–Trinajstić information content (AvgIpc) is 2.85. The van der Waals surface area contributed by atoms with Crippen LogP contribution in [0.3, 0.4) is 0 Å². The molecule has 1 amide bonds. The molecule has 2 aromatic rings. The molecule has 116 valence electrons. The van der Waals surface area contributed by atoms with E-state index in [0.717, 1.165) is 29.3 Å². The second-order valence-corrected chi connectivity index (χ2v) is 5.97. The predicted octanol–water partition coefficient (Wildman–Crippen LogP) is 2.40. The van der Waals surface area contributed by atoms with E-state index in [1.54, 1.807) is 0 Å². The Morgan fingerprint density at radius 1 is 1.32 bits per heavy atom. The van der Waals surface area contributed by atoms with Crippen molar-refractivity contribution in [2.75, 3.05) is 0 Å². The highest BCUT2D eigenvalue weighted by molar-refractivity contribution is 5.93. The lowest BCUT2D eigenvalue weighted by molar-refractivity contribution is -0.151. The van der Waals surface area contributed by atoms with E-state index in [1.165, 1.54) is 5.56 Å². The summed E-state index contributed by atoms with van der Waals surface area (Å²) in [4.78, 5) is 26.8. The molecular formula is C17H20N2O3. The molecule has 1 aromatic carbocycles. The molecule has 5 nitrogen and oxygen atoms in total. The largest absolute Gasteiger partial charge is 0.480 e. The lowest BCUT2D eigenvalue weighted by Gasteiger charge is -2.38. The van der Waals surface area contributed by atoms with E-state index < -0.39 is 11.5 Å². The lowest BCUT2D eigenvalue weighted by atomic mass is 9.76. The summed E-state index contributed by atoms with van der Waals surface area (Å²) < 4.78 is 0. The van der Waals surface area contributed by atoms with Gasteiger partial charge in [0.2, 0.25) is 5.91 Å². The van der Waals surface area contributed by atoms with Crippen molar-refractivity contribution in [3.63, 3.8) is 0 Å². The quantitative estimate of drug-likeness (QED) is 0.793. The van der Waals surface area contributed by atoms with Crippen LogP contribution in [-0.2, 0) is 22.4 Å². The van der Waals surface area contributed by atoms with Crippen LogP contribution in [0.15, 0.2) is 24.4 Å². The van der Waals surface area contributed by atoms with Crippen LogP contribution >= 0.6 is 0 Å². The minimum atomic E-state index is -1.04. The van der Waals surface area contributed by atoms with Crippen LogP contribution in [0.4, 0.5) is 0 Å². The van der Waals surface area contributed by atoms with Crippen molar-refractivity contribution in [3.05, 3.63) is 35.5 Å². The summed E-state index contributed by atoms with van der Waals surface area (Å²) in [5.41, 5.74) is 2.13. The van der Waals surface area contributed by atoms with E-state index in [9.17, 15) is 14.7 Å². The molecule has 0 radical (unpaired) electrons. The molecular weight excluding hydrogens is 280 g/mol. The number of hydrogen-bond donors (Lipinski definition) is 3. The molecule has 0 saturated heterocycles. The monoisotopic (exact) mass is 300 g/mol. The first-order chi connectivity index (χ1) is 10.6. The Balaban J connectivity index is 1.79. The smallest absolute Gasteiger partial charge is 0.329 e. The molecule has 1 saturated carbocycles. The second kappa shape index (κ2) is 5.48. The van der Waals surface area contributed by atoms with Gasteiger partial charge in [0.15, 0.2) is 0 Å². The Labute approximate surface area is 128 Å². The summed E-state index contributed by atoms with van der Waals surface area (Å²) in [6, 6.07) is 6.04. The SMILES string of the molecule is CCc1cccc2c(CC(=O)NC3(C(=O)O)CCC3)c[nH]c12. The van der Waals surface area contributed by atoms with Crippen LogP contribution in [-0.4, -0.2) is 27.5 Å². The Kier molecular flexibility index (Phi) is 3.64. The number of carbonyl (C=O) groups excluding carboxylic acids is 1. The number of aromatic amines is 1. The van der Waals surface area contributed by atoms with Crippen LogP contribution < -0.4 is 5.32 Å². The predicted molar refractivity (Wildman–Crippen MR) is 83.7 cm³/mol. The summed E-state index contributed by atoms with van der Waals surface area (Å²) in [6.45, 7) is 2.09. The molecule has 1 heterocycles. The highest BCUT2D eigenvalue weighted by Crippen LogP contribution is 2.32. The number of aryl methyl sites for hydroxylation is 1. The first-order valence-corrected chi connectivity index (χ1v) is 7.68. The molecule has 5 heteroatoms. The van der Waals surface area contributed by atoms with Gasteiger partial charge in [0.25, 0.3) is 0 Å². The van der Waals surface area contributed by atoms with Gasteiger partial charge in [0.05, 0.1) is 6.42 Å². The average molecular weight is 300 g/mol. The van der Waals surface area contributed by atoms with E-state index in [-0.39, 0.29) is 12.3 Å². The fourth-order valence-corrected chi connectivity index (χ4v) is 3.12. The number of fused-ring (bicyclic) bond motifs is 1. The summed E-state index contributed by atoms with van der Waals surface area (Å²) >= 11 is 0. The molecule has 1 aliphatic carbocycles. The summed E-state index contributed by atoms with van der Waals surface area (Å²) in [5, 5.41) is 13.0. The van der Waals surface area contributed by atoms with Gasteiger partial charge >= 0.3 is 5.97 Å². The lowest BCUT2D eigenvalue weighted by Crippen LogP contribution is -2.59. The van der Waals surface area contributed by atoms with Crippen LogP contribution in [0.25, 0.3) is 10.9 Å². The second-order valence-electron chi connectivity index (χ2n) is 5.97. The Hall–Kier alpha value is -2.30. The van der Waals surface area contributed by atoms with Crippen molar-refractivity contribution < 1.29 is 14.7 Å². The van der Waals surface area contributed by atoms with Crippen molar-refractivity contribution >= 4 is 22.8 Å². The van der Waals surface area contributed by atoms with Gasteiger partial charge in [0.1, 0.15) is 5.54 Å². The maximum absolute atomic E-state index is 12.2. The highest BCUT2D eigenvalue weighted by atomic mass is 16.4. The number of carboxylic acids is 1. The van der Waals surface area contributed by atoms with Gasteiger partial charge < -0.3 is 15.4 Å². The number of benzene rings is 1. The van der Waals surface area contributed by atoms with Crippen LogP contribution in [0, 0.1) is 0 Å². The zero-order valence-electron chi connectivity index (χ0n) is 12.6. The Bertz CT molecular complexity index is 729. The number of H-pyrrole nitrogens is 1. The number of aliphatic carboxylic acids is 1. The van der Waals surface area contributed by atoms with Gasteiger partial charge in [-0.05, 0) is 36.8 Å². The number of rotatable bonds is 5. The third kappa shape index (κ3) is 2.36. The normalized spacial score (nSPS) is 16.2. The van der Waals surface area contributed by atoms with Crippen molar-refractivity contribution in [3.8, 4) is 0 Å². The molecule has 1 aliphatic rings. The van der Waals surface area contributed by atoms with Crippen molar-refractivity contribution in [1.82, 2.24) is 10.3 Å². The topological polar surface area (TPSA) is 82.2 Å². The molecule has 0 spiro atoms. The summed E-state index contributed by atoms with van der Waals surface area (Å²) in [6.07, 6.45) is 4.84. The number of amides is 1. The first-order valence-electron chi connectivity index (χ1n) is 7.68. The molecule has 0 aliphatic heterocycles. The zero-order valence-corrected chi connectivity index (χ0v) is 12.6. The third-order valence-electron chi connectivity index (χ3n) is 4.61. The molecule has 22 heavy (non-hydrogen) atoms. The summed E-state index contributed by atoms with van der Waals surface area (Å²) in [7, 11) is 0. The van der Waals surface area contributed by atoms with E-state index in [2.05, 4.69) is 23.3 Å². The van der Waals surface area contributed by atoms with Gasteiger partial charge in [-0.25, -0.2) is 4.79 Å². The molecule has 0 bridgehead atoms. The molecule has 3 N–H and O–H groups in total. The van der Waals surface area contributed by atoms with Crippen LogP contribution in [0.2, 0.25) is 0 Å². The van der Waals surface area contributed by atoms with Gasteiger partial charge in [0, 0.05) is 17.1 Å². The van der Waals surface area contributed by atoms with E-state index in [4.69, 9.17) is 0 Å². The minimum Gasteiger partial charge on any atom is -0.480 e. The van der Waals surface area contributed by atoms with Crippen molar-refractivity contribution in [2.45, 2.75) is 44.6 Å². The maximum atomic E-state index is 12.2.